The van der Waals surface area contributed by atoms with Crippen molar-refractivity contribution < 1.29 is 9.50 Å². The first-order valence-electron chi connectivity index (χ1n) is 7.07. The molecular formula is C15H23FN2O. The Kier molecular flexibility index (Phi) is 4.77. The van der Waals surface area contributed by atoms with Gasteiger partial charge in [-0.3, -0.25) is 0 Å². The summed E-state index contributed by atoms with van der Waals surface area (Å²) in [6.07, 6.45) is 1.21. The number of hydrogen-bond acceptors (Lipinski definition) is 3. The zero-order valence-corrected chi connectivity index (χ0v) is 11.7. The number of aliphatic hydroxyl groups excluding tert-OH is 1. The number of rotatable bonds is 4. The zero-order chi connectivity index (χ0) is 13.8. The smallest absolute Gasteiger partial charge is 0.146 e. The molecule has 0 aliphatic carbocycles. The molecule has 4 heteroatoms. The van der Waals surface area contributed by atoms with Crippen LogP contribution in [0.5, 0.6) is 0 Å². The Morgan fingerprint density at radius 2 is 2.11 bits per heavy atom. The van der Waals surface area contributed by atoms with E-state index in [0.29, 0.717) is 5.69 Å². The van der Waals surface area contributed by atoms with Crippen molar-refractivity contribution in [2.75, 3.05) is 24.5 Å². The topological polar surface area (TPSA) is 35.5 Å². The molecule has 1 aromatic rings. The van der Waals surface area contributed by atoms with Crippen molar-refractivity contribution in [3.8, 4) is 0 Å². The van der Waals surface area contributed by atoms with E-state index in [-0.39, 0.29) is 18.0 Å². The van der Waals surface area contributed by atoms with Crippen molar-refractivity contribution in [2.45, 2.75) is 38.8 Å². The molecule has 1 saturated heterocycles. The molecule has 0 bridgehead atoms. The second kappa shape index (κ2) is 6.35. The summed E-state index contributed by atoms with van der Waals surface area (Å²) in [4.78, 5) is 2.02. The van der Waals surface area contributed by atoms with Crippen LogP contribution in [0.2, 0.25) is 0 Å². The minimum atomic E-state index is -0.229. The van der Waals surface area contributed by atoms with Crippen LogP contribution in [0.25, 0.3) is 0 Å². The fourth-order valence-corrected chi connectivity index (χ4v) is 2.58. The van der Waals surface area contributed by atoms with E-state index in [1.165, 1.54) is 0 Å². The minimum absolute atomic E-state index is 0.164. The number of benzene rings is 1. The Labute approximate surface area is 114 Å². The third-order valence-corrected chi connectivity index (χ3v) is 3.79. The highest BCUT2D eigenvalue weighted by molar-refractivity contribution is 5.50. The van der Waals surface area contributed by atoms with Gasteiger partial charge >= 0.3 is 0 Å². The van der Waals surface area contributed by atoms with Crippen LogP contribution in [0.3, 0.4) is 0 Å². The van der Waals surface area contributed by atoms with Gasteiger partial charge in [-0.05, 0) is 44.0 Å². The summed E-state index contributed by atoms with van der Waals surface area (Å²) < 4.78 is 14.2. The fourth-order valence-electron chi connectivity index (χ4n) is 2.58. The van der Waals surface area contributed by atoms with Crippen molar-refractivity contribution in [1.29, 1.82) is 0 Å². The number of nitrogens with one attached hydrogen (secondary N) is 1. The number of aliphatic hydroxyl groups is 1. The lowest BCUT2D eigenvalue weighted by Crippen LogP contribution is -2.36. The third kappa shape index (κ3) is 3.45. The molecule has 1 aromatic carbocycles. The average Bonchev–Trinajstić information content (AvgIpc) is 2.40. The number of anilines is 1. The van der Waals surface area contributed by atoms with E-state index in [2.05, 4.69) is 5.32 Å². The predicted octanol–water partition coefficient (Wildman–Crippen LogP) is 2.46. The zero-order valence-electron chi connectivity index (χ0n) is 11.7. The summed E-state index contributed by atoms with van der Waals surface area (Å²) in [7, 11) is 0. The minimum Gasteiger partial charge on any atom is -0.393 e. The molecule has 3 nitrogen and oxygen atoms in total. The molecule has 1 aliphatic rings. The molecule has 1 heterocycles. The summed E-state index contributed by atoms with van der Waals surface area (Å²) in [5, 5.41) is 12.8. The summed E-state index contributed by atoms with van der Waals surface area (Å²) in [6.45, 7) is 6.39. The van der Waals surface area contributed by atoms with Gasteiger partial charge in [-0.1, -0.05) is 13.0 Å². The van der Waals surface area contributed by atoms with Crippen LogP contribution in [-0.2, 0) is 0 Å². The number of piperidine rings is 1. The van der Waals surface area contributed by atoms with Gasteiger partial charge in [0.25, 0.3) is 0 Å². The van der Waals surface area contributed by atoms with Crippen molar-refractivity contribution in [1.82, 2.24) is 5.32 Å². The van der Waals surface area contributed by atoms with E-state index in [9.17, 15) is 9.50 Å². The van der Waals surface area contributed by atoms with E-state index in [1.807, 2.05) is 30.9 Å². The van der Waals surface area contributed by atoms with Gasteiger partial charge < -0.3 is 15.3 Å². The Hall–Kier alpha value is -1.13. The van der Waals surface area contributed by atoms with E-state index in [4.69, 9.17) is 0 Å². The largest absolute Gasteiger partial charge is 0.393 e. The maximum Gasteiger partial charge on any atom is 0.146 e. The van der Waals surface area contributed by atoms with Crippen molar-refractivity contribution >= 4 is 5.69 Å². The number of hydrogen-bond donors (Lipinski definition) is 2. The van der Waals surface area contributed by atoms with E-state index in [1.54, 1.807) is 6.07 Å². The van der Waals surface area contributed by atoms with Crippen LogP contribution in [-0.4, -0.2) is 30.8 Å². The Balaban J connectivity index is 2.10. The van der Waals surface area contributed by atoms with Gasteiger partial charge in [-0.2, -0.15) is 0 Å². The molecule has 0 saturated carbocycles. The van der Waals surface area contributed by atoms with Gasteiger partial charge in [-0.25, -0.2) is 4.39 Å². The second-order valence-corrected chi connectivity index (χ2v) is 5.21. The molecule has 1 unspecified atom stereocenters. The molecule has 1 aliphatic heterocycles. The van der Waals surface area contributed by atoms with E-state index in [0.717, 1.165) is 38.0 Å². The Bertz CT molecular complexity index is 417. The lowest BCUT2D eigenvalue weighted by molar-refractivity contribution is 0.145. The number of halogens is 1. The van der Waals surface area contributed by atoms with E-state index < -0.39 is 0 Å². The first-order chi connectivity index (χ1) is 9.11. The molecule has 0 aromatic heterocycles. The van der Waals surface area contributed by atoms with Crippen molar-refractivity contribution in [3.63, 3.8) is 0 Å². The van der Waals surface area contributed by atoms with Crippen LogP contribution in [0, 0.1) is 5.82 Å². The van der Waals surface area contributed by atoms with E-state index >= 15 is 0 Å². The normalized spacial score (nSPS) is 18.6. The molecule has 0 radical (unpaired) electrons. The molecule has 106 valence electrons. The SMILES string of the molecule is CCNC(C)c1ccc(N2CCC(O)CC2)c(F)c1. The fraction of sp³-hybridized carbons (Fsp3) is 0.600. The quantitative estimate of drug-likeness (QED) is 0.878. The Morgan fingerprint density at radius 3 is 2.68 bits per heavy atom. The van der Waals surface area contributed by atoms with Gasteiger partial charge in [0.15, 0.2) is 0 Å². The van der Waals surface area contributed by atoms with Crippen molar-refractivity contribution in [2.24, 2.45) is 0 Å². The standard InChI is InChI=1S/C15H23FN2O/c1-3-17-11(2)12-4-5-15(14(16)10-12)18-8-6-13(19)7-9-18/h4-5,10-11,13,17,19H,3,6-9H2,1-2H3. The second-order valence-electron chi connectivity index (χ2n) is 5.21. The maximum absolute atomic E-state index is 14.2. The van der Waals surface area contributed by atoms with Crippen LogP contribution < -0.4 is 10.2 Å². The molecule has 0 amide bonds. The molecule has 1 atom stereocenters. The molecule has 19 heavy (non-hydrogen) atoms. The molecule has 2 N–H and O–H groups in total. The van der Waals surface area contributed by atoms with Crippen LogP contribution in [0.4, 0.5) is 10.1 Å². The van der Waals surface area contributed by atoms with Crippen molar-refractivity contribution in [3.05, 3.63) is 29.6 Å². The highest BCUT2D eigenvalue weighted by Crippen LogP contribution is 2.26. The summed E-state index contributed by atoms with van der Waals surface area (Å²) in [5.41, 5.74) is 1.62. The molecule has 2 rings (SSSR count). The van der Waals surface area contributed by atoms with Crippen LogP contribution >= 0.6 is 0 Å². The monoisotopic (exact) mass is 266 g/mol. The summed E-state index contributed by atoms with van der Waals surface area (Å²) >= 11 is 0. The first kappa shape index (κ1) is 14.3. The molecular weight excluding hydrogens is 243 g/mol. The molecule has 1 fully saturated rings. The highest BCUT2D eigenvalue weighted by atomic mass is 19.1. The van der Waals surface area contributed by atoms with Gasteiger partial charge in [0.1, 0.15) is 5.82 Å². The van der Waals surface area contributed by atoms with Gasteiger partial charge in [0, 0.05) is 19.1 Å². The van der Waals surface area contributed by atoms with Gasteiger partial charge in [-0.15, -0.1) is 0 Å². The molecule has 0 spiro atoms. The first-order valence-corrected chi connectivity index (χ1v) is 7.07. The predicted molar refractivity (Wildman–Crippen MR) is 75.9 cm³/mol. The maximum atomic E-state index is 14.2. The number of nitrogens with zero attached hydrogens (tertiary/aromatic N) is 1. The summed E-state index contributed by atoms with van der Waals surface area (Å²) in [5.74, 6) is -0.168. The Morgan fingerprint density at radius 1 is 1.42 bits per heavy atom. The van der Waals surface area contributed by atoms with Crippen LogP contribution in [0.1, 0.15) is 38.3 Å². The highest BCUT2D eigenvalue weighted by Gasteiger charge is 2.20. The summed E-state index contributed by atoms with van der Waals surface area (Å²) in [6, 6.07) is 5.62. The van der Waals surface area contributed by atoms with Crippen LogP contribution in [0.15, 0.2) is 18.2 Å². The lowest BCUT2D eigenvalue weighted by atomic mass is 10.0. The van der Waals surface area contributed by atoms with Gasteiger partial charge in [0.05, 0.1) is 11.8 Å². The average molecular weight is 266 g/mol. The third-order valence-electron chi connectivity index (χ3n) is 3.79. The lowest BCUT2D eigenvalue weighted by Gasteiger charge is -2.32. The van der Waals surface area contributed by atoms with Gasteiger partial charge in [0.2, 0.25) is 0 Å².